The summed E-state index contributed by atoms with van der Waals surface area (Å²) < 4.78 is 38.4. The van der Waals surface area contributed by atoms with Crippen molar-refractivity contribution in [1.82, 2.24) is 0 Å². The van der Waals surface area contributed by atoms with E-state index >= 15 is 0 Å². The number of benzene rings is 2. The predicted molar refractivity (Wildman–Crippen MR) is 106 cm³/mol. The zero-order valence-electron chi connectivity index (χ0n) is 15.7. The summed E-state index contributed by atoms with van der Waals surface area (Å²) in [5.41, 5.74) is 0.963. The lowest BCUT2D eigenvalue weighted by Gasteiger charge is -2.12. The van der Waals surface area contributed by atoms with Crippen LogP contribution in [0.3, 0.4) is 0 Å². The fourth-order valence-corrected chi connectivity index (χ4v) is 3.52. The number of rotatable bonds is 11. The molecule has 2 N–H and O–H groups in total. The summed E-state index contributed by atoms with van der Waals surface area (Å²) in [4.78, 5) is -0.265. The molecule has 0 aliphatic heterocycles. The van der Waals surface area contributed by atoms with Gasteiger partial charge in [-0.05, 0) is 54.8 Å². The van der Waals surface area contributed by atoms with Crippen molar-refractivity contribution in [1.29, 1.82) is 0 Å². The van der Waals surface area contributed by atoms with E-state index in [4.69, 9.17) is 4.74 Å². The highest BCUT2D eigenvalue weighted by Crippen LogP contribution is 2.31. The van der Waals surface area contributed by atoms with Gasteiger partial charge in [0.25, 0.3) is 10.1 Å². The Balaban J connectivity index is 2.04. The Morgan fingerprint density at radius 3 is 2.15 bits per heavy atom. The Morgan fingerprint density at radius 1 is 0.889 bits per heavy atom. The molecule has 0 aliphatic carbocycles. The number of hydrogen-bond acceptors (Lipinski definition) is 4. The van der Waals surface area contributed by atoms with Crippen LogP contribution in [0.5, 0.6) is 17.2 Å². The zero-order valence-corrected chi connectivity index (χ0v) is 16.5. The molecule has 0 heterocycles. The Kier molecular flexibility index (Phi) is 8.13. The molecule has 5 nitrogen and oxygen atoms in total. The monoisotopic (exact) mass is 392 g/mol. The Bertz CT molecular complexity index is 813. The summed E-state index contributed by atoms with van der Waals surface area (Å²) in [5.74, 6) is 0.555. The van der Waals surface area contributed by atoms with Crippen molar-refractivity contribution in [2.45, 2.75) is 63.2 Å². The molecule has 148 valence electrons. The molecule has 0 atom stereocenters. The molecule has 0 bridgehead atoms. The van der Waals surface area contributed by atoms with Gasteiger partial charge in [0.05, 0.1) is 0 Å². The van der Waals surface area contributed by atoms with Crippen LogP contribution in [0.4, 0.5) is 0 Å². The lowest BCUT2D eigenvalue weighted by Crippen LogP contribution is -2.02. The largest absolute Gasteiger partial charge is 0.508 e. The Morgan fingerprint density at radius 2 is 1.52 bits per heavy atom. The first-order valence-electron chi connectivity index (χ1n) is 9.47. The van der Waals surface area contributed by atoms with Gasteiger partial charge in [-0.15, -0.1) is 0 Å². The molecular weight excluding hydrogens is 364 g/mol. The van der Waals surface area contributed by atoms with Crippen molar-refractivity contribution < 1.29 is 22.8 Å². The van der Waals surface area contributed by atoms with Crippen molar-refractivity contribution in [2.75, 3.05) is 0 Å². The minimum Gasteiger partial charge on any atom is -0.508 e. The van der Waals surface area contributed by atoms with E-state index in [1.54, 1.807) is 12.1 Å². The normalized spacial score (nSPS) is 11.5. The first-order valence-corrected chi connectivity index (χ1v) is 10.9. The van der Waals surface area contributed by atoms with Crippen molar-refractivity contribution in [2.24, 2.45) is 0 Å². The maximum atomic E-state index is 11.6. The SMILES string of the molecule is CCCCCCCCCc1ccc(S(=O)(=O)O)c(Oc2ccc(O)cc2)c1. The van der Waals surface area contributed by atoms with Gasteiger partial charge in [-0.2, -0.15) is 8.42 Å². The third-order valence-corrected chi connectivity index (χ3v) is 5.31. The summed E-state index contributed by atoms with van der Waals surface area (Å²) >= 11 is 0. The number of aromatic hydroxyl groups is 1. The van der Waals surface area contributed by atoms with Crippen LogP contribution < -0.4 is 4.74 Å². The smallest absolute Gasteiger partial charge is 0.298 e. The quantitative estimate of drug-likeness (QED) is 0.377. The van der Waals surface area contributed by atoms with Crippen molar-refractivity contribution >= 4 is 10.1 Å². The average molecular weight is 393 g/mol. The first-order chi connectivity index (χ1) is 12.9. The molecule has 2 aromatic carbocycles. The molecule has 2 aromatic rings. The van der Waals surface area contributed by atoms with Gasteiger partial charge in [-0.1, -0.05) is 51.5 Å². The number of ether oxygens (including phenoxy) is 1. The molecule has 0 aromatic heterocycles. The number of unbranched alkanes of at least 4 members (excludes halogenated alkanes) is 6. The van der Waals surface area contributed by atoms with Crippen LogP contribution in [0.25, 0.3) is 0 Å². The molecule has 0 aliphatic rings. The van der Waals surface area contributed by atoms with Crippen LogP contribution in [0.2, 0.25) is 0 Å². The third kappa shape index (κ3) is 7.23. The molecule has 0 fully saturated rings. The summed E-state index contributed by atoms with van der Waals surface area (Å²) in [5, 5.41) is 9.35. The number of phenols is 1. The molecule has 27 heavy (non-hydrogen) atoms. The molecule has 0 amide bonds. The van der Waals surface area contributed by atoms with E-state index in [1.165, 1.54) is 62.4 Å². The molecule has 6 heteroatoms. The fraction of sp³-hybridized carbons (Fsp3) is 0.429. The lowest BCUT2D eigenvalue weighted by atomic mass is 10.0. The Hall–Kier alpha value is -2.05. The molecule has 0 unspecified atom stereocenters. The minimum atomic E-state index is -4.39. The number of hydrogen-bond donors (Lipinski definition) is 2. The summed E-state index contributed by atoms with van der Waals surface area (Å²) in [7, 11) is -4.39. The van der Waals surface area contributed by atoms with Crippen molar-refractivity contribution in [3.05, 3.63) is 48.0 Å². The second-order valence-corrected chi connectivity index (χ2v) is 8.11. The maximum Gasteiger partial charge on any atom is 0.298 e. The molecule has 0 radical (unpaired) electrons. The van der Waals surface area contributed by atoms with Gasteiger partial charge in [0.15, 0.2) is 0 Å². The van der Waals surface area contributed by atoms with Gasteiger partial charge in [-0.3, -0.25) is 4.55 Å². The van der Waals surface area contributed by atoms with E-state index < -0.39 is 10.1 Å². The van der Waals surface area contributed by atoms with Crippen LogP contribution in [-0.4, -0.2) is 18.1 Å². The van der Waals surface area contributed by atoms with Gasteiger partial charge in [-0.25, -0.2) is 0 Å². The summed E-state index contributed by atoms with van der Waals surface area (Å²) in [6.07, 6.45) is 9.26. The van der Waals surface area contributed by atoms with E-state index in [-0.39, 0.29) is 16.4 Å². The van der Waals surface area contributed by atoms with E-state index in [0.717, 1.165) is 24.8 Å². The second kappa shape index (κ2) is 10.3. The molecular formula is C21H28O5S. The first kappa shape index (κ1) is 21.3. The summed E-state index contributed by atoms with van der Waals surface area (Å²) in [6.45, 7) is 2.20. The maximum absolute atomic E-state index is 11.6. The fourth-order valence-electron chi connectivity index (χ4n) is 2.93. The molecule has 0 saturated carbocycles. The highest BCUT2D eigenvalue weighted by molar-refractivity contribution is 7.86. The average Bonchev–Trinajstić information content (AvgIpc) is 2.62. The number of aryl methyl sites for hydroxylation is 1. The Labute approximate surface area is 161 Å². The van der Waals surface area contributed by atoms with Crippen LogP contribution in [0.1, 0.15) is 57.4 Å². The van der Waals surface area contributed by atoms with Crippen LogP contribution in [-0.2, 0) is 16.5 Å². The zero-order chi connectivity index (χ0) is 19.7. The van der Waals surface area contributed by atoms with E-state index in [9.17, 15) is 18.1 Å². The standard InChI is InChI=1S/C21H28O5S/c1-2-3-4-5-6-7-8-9-17-10-15-21(27(23,24)25)20(16-17)26-19-13-11-18(22)12-14-19/h10-16,22H,2-9H2,1H3,(H,23,24,25). The van der Waals surface area contributed by atoms with Gasteiger partial charge in [0, 0.05) is 0 Å². The molecule has 0 saturated heterocycles. The van der Waals surface area contributed by atoms with Gasteiger partial charge < -0.3 is 9.84 Å². The van der Waals surface area contributed by atoms with Crippen LogP contribution in [0, 0.1) is 0 Å². The highest BCUT2D eigenvalue weighted by atomic mass is 32.2. The van der Waals surface area contributed by atoms with Gasteiger partial charge in [0.1, 0.15) is 22.1 Å². The molecule has 2 rings (SSSR count). The van der Waals surface area contributed by atoms with Gasteiger partial charge >= 0.3 is 0 Å². The van der Waals surface area contributed by atoms with Crippen LogP contribution >= 0.6 is 0 Å². The predicted octanol–water partition coefficient (Wildman–Crippen LogP) is 5.72. The summed E-state index contributed by atoms with van der Waals surface area (Å²) in [6, 6.07) is 10.7. The topological polar surface area (TPSA) is 83.8 Å². The number of phenolic OH excluding ortho intramolecular Hbond substituents is 1. The highest BCUT2D eigenvalue weighted by Gasteiger charge is 2.18. The van der Waals surface area contributed by atoms with E-state index in [2.05, 4.69) is 6.92 Å². The van der Waals surface area contributed by atoms with Crippen molar-refractivity contribution in [3.8, 4) is 17.2 Å². The van der Waals surface area contributed by atoms with Crippen LogP contribution in [0.15, 0.2) is 47.4 Å². The second-order valence-electron chi connectivity index (χ2n) is 6.72. The van der Waals surface area contributed by atoms with Gasteiger partial charge in [0.2, 0.25) is 0 Å². The lowest BCUT2D eigenvalue weighted by molar-refractivity contribution is 0.445. The third-order valence-electron chi connectivity index (χ3n) is 4.42. The molecule has 0 spiro atoms. The van der Waals surface area contributed by atoms with E-state index in [0.29, 0.717) is 5.75 Å². The van der Waals surface area contributed by atoms with Crippen molar-refractivity contribution in [3.63, 3.8) is 0 Å². The van der Waals surface area contributed by atoms with E-state index in [1.807, 2.05) is 0 Å². The minimum absolute atomic E-state index is 0.0867.